The zero-order chi connectivity index (χ0) is 20.4. The maximum Gasteiger partial charge on any atom is 0.243 e. The van der Waals surface area contributed by atoms with Crippen molar-refractivity contribution in [2.45, 2.75) is 62.6 Å². The number of aromatic nitrogens is 3. The number of aliphatic hydroxyl groups is 1. The molecule has 4 N–H and O–H groups in total. The van der Waals surface area contributed by atoms with Gasteiger partial charge >= 0.3 is 0 Å². The lowest BCUT2D eigenvalue weighted by Crippen LogP contribution is -2.23. The van der Waals surface area contributed by atoms with Crippen molar-refractivity contribution in [3.8, 4) is 0 Å². The predicted octanol–water partition coefficient (Wildman–Crippen LogP) is 2.59. The smallest absolute Gasteiger partial charge is 0.243 e. The third kappa shape index (κ3) is 4.82. The van der Waals surface area contributed by atoms with Gasteiger partial charge in [0, 0.05) is 6.04 Å². The summed E-state index contributed by atoms with van der Waals surface area (Å²) in [5.41, 5.74) is 1.76. The van der Waals surface area contributed by atoms with Crippen LogP contribution in [-0.2, 0) is 9.47 Å². The van der Waals surface area contributed by atoms with Crippen LogP contribution < -0.4 is 5.32 Å². The molecular weight excluding hydrogens is 419 g/mol. The van der Waals surface area contributed by atoms with E-state index in [0.717, 1.165) is 42.7 Å². The first-order valence-electron chi connectivity index (χ1n) is 9.91. The summed E-state index contributed by atoms with van der Waals surface area (Å²) in [5.74, 6) is -0.233. The monoisotopic (exact) mass is 444 g/mol. The standard InChI is InChI=1S/C18H26ClN4O5P/c19-18-21-17(20-11-3-1-2-4-11)14-7-6-13(23(14)22-18)15-8-5-12(28-15)10-27-16(9-24)29(25)26/h6-7,11-12,15-16,24-26H,1-5,8-10H2,(H,20,21,22)/t12?,15?,16-/m1/s1. The lowest BCUT2D eigenvalue weighted by atomic mass is 10.1. The fourth-order valence-corrected chi connectivity index (χ4v) is 4.59. The number of aliphatic hydroxyl groups excluding tert-OH is 1. The van der Waals surface area contributed by atoms with Crippen LogP contribution in [0.5, 0.6) is 0 Å². The molecule has 1 aliphatic heterocycles. The van der Waals surface area contributed by atoms with Crippen LogP contribution in [0.15, 0.2) is 12.1 Å². The van der Waals surface area contributed by atoms with Gasteiger partial charge in [-0.2, -0.15) is 4.98 Å². The van der Waals surface area contributed by atoms with E-state index in [-0.39, 0.29) is 24.1 Å². The third-order valence-electron chi connectivity index (χ3n) is 5.54. The second kappa shape index (κ2) is 9.39. The number of nitrogens with zero attached hydrogens (tertiary/aromatic N) is 3. The van der Waals surface area contributed by atoms with Gasteiger partial charge in [-0.25, -0.2) is 4.52 Å². The van der Waals surface area contributed by atoms with Crippen LogP contribution in [-0.4, -0.2) is 60.7 Å². The maximum absolute atomic E-state index is 9.22. The van der Waals surface area contributed by atoms with Gasteiger partial charge in [-0.15, -0.1) is 5.10 Å². The van der Waals surface area contributed by atoms with Gasteiger partial charge < -0.3 is 29.7 Å². The third-order valence-corrected chi connectivity index (χ3v) is 6.52. The molecule has 11 heteroatoms. The van der Waals surface area contributed by atoms with Crippen LogP contribution in [0, 0.1) is 0 Å². The largest absolute Gasteiger partial charge is 0.393 e. The molecule has 0 radical (unpaired) electrons. The second-order valence-electron chi connectivity index (χ2n) is 7.53. The predicted molar refractivity (Wildman–Crippen MR) is 109 cm³/mol. The van der Waals surface area contributed by atoms with Gasteiger partial charge in [-0.05, 0) is 49.4 Å². The molecule has 2 aliphatic rings. The molecule has 4 rings (SSSR count). The summed E-state index contributed by atoms with van der Waals surface area (Å²) >= 11 is 6.19. The zero-order valence-electron chi connectivity index (χ0n) is 15.9. The molecule has 3 heterocycles. The summed E-state index contributed by atoms with van der Waals surface area (Å²) in [5, 5.41) is 17.2. The Morgan fingerprint density at radius 1 is 1.28 bits per heavy atom. The number of ether oxygens (including phenoxy) is 2. The number of hydrogen-bond donors (Lipinski definition) is 4. The van der Waals surface area contributed by atoms with E-state index in [2.05, 4.69) is 15.4 Å². The second-order valence-corrected chi connectivity index (χ2v) is 9.08. The zero-order valence-corrected chi connectivity index (χ0v) is 17.6. The van der Waals surface area contributed by atoms with Crippen LogP contribution in [0.25, 0.3) is 5.52 Å². The van der Waals surface area contributed by atoms with Crippen LogP contribution in [0.4, 0.5) is 5.82 Å². The molecule has 3 atom stereocenters. The molecular formula is C18H26ClN4O5P. The van der Waals surface area contributed by atoms with Gasteiger partial charge in [-0.3, -0.25) is 0 Å². The number of halogens is 1. The number of anilines is 1. The SMILES string of the molecule is OC[C@H](OCC1CCC(c2ccc3c(NC4CCCC4)nc(Cl)nn23)O1)P(O)O. The molecule has 0 amide bonds. The normalized spacial score (nSPS) is 24.0. The highest BCUT2D eigenvalue weighted by Gasteiger charge is 2.31. The average Bonchev–Trinajstić information content (AvgIpc) is 3.42. The summed E-state index contributed by atoms with van der Waals surface area (Å²) in [6.07, 6.45) is 5.90. The summed E-state index contributed by atoms with van der Waals surface area (Å²) in [6.45, 7) is -0.250. The minimum Gasteiger partial charge on any atom is -0.393 e. The van der Waals surface area contributed by atoms with E-state index >= 15 is 0 Å². The van der Waals surface area contributed by atoms with Crippen molar-refractivity contribution in [1.29, 1.82) is 0 Å². The van der Waals surface area contributed by atoms with Crippen molar-refractivity contribution < 1.29 is 24.4 Å². The van der Waals surface area contributed by atoms with Crippen LogP contribution in [0.3, 0.4) is 0 Å². The Bertz CT molecular complexity index is 832. The lowest BCUT2D eigenvalue weighted by Gasteiger charge is -2.19. The minimum atomic E-state index is -2.34. The van der Waals surface area contributed by atoms with E-state index < -0.39 is 20.8 Å². The van der Waals surface area contributed by atoms with Crippen LogP contribution in [0.1, 0.15) is 50.3 Å². The topological polar surface area (TPSA) is 121 Å². The molecule has 2 unspecified atom stereocenters. The van der Waals surface area contributed by atoms with E-state index in [0.29, 0.717) is 6.04 Å². The highest BCUT2D eigenvalue weighted by atomic mass is 35.5. The Morgan fingerprint density at radius 2 is 2.07 bits per heavy atom. The molecule has 0 bridgehead atoms. The Balaban J connectivity index is 1.46. The van der Waals surface area contributed by atoms with Crippen LogP contribution >= 0.6 is 20.0 Å². The first kappa shape index (κ1) is 21.2. The highest BCUT2D eigenvalue weighted by molar-refractivity contribution is 7.45. The number of rotatable bonds is 8. The molecule has 2 aromatic heterocycles. The summed E-state index contributed by atoms with van der Waals surface area (Å²) in [6, 6.07) is 4.36. The average molecular weight is 445 g/mol. The van der Waals surface area contributed by atoms with Gasteiger partial charge in [0.25, 0.3) is 0 Å². The van der Waals surface area contributed by atoms with Gasteiger partial charge in [-0.1, -0.05) is 12.8 Å². The fourth-order valence-electron chi connectivity index (χ4n) is 4.06. The number of fused-ring (bicyclic) bond motifs is 1. The van der Waals surface area contributed by atoms with Crippen molar-refractivity contribution >= 4 is 31.3 Å². The molecule has 2 fully saturated rings. The van der Waals surface area contributed by atoms with Crippen molar-refractivity contribution in [3.05, 3.63) is 23.1 Å². The molecule has 0 spiro atoms. The van der Waals surface area contributed by atoms with E-state index in [9.17, 15) is 9.79 Å². The van der Waals surface area contributed by atoms with Gasteiger partial charge in [0.2, 0.25) is 5.28 Å². The molecule has 160 valence electrons. The van der Waals surface area contributed by atoms with E-state index in [1.165, 1.54) is 12.8 Å². The molecule has 1 aliphatic carbocycles. The van der Waals surface area contributed by atoms with E-state index in [1.54, 1.807) is 4.52 Å². The molecule has 0 aromatic carbocycles. The van der Waals surface area contributed by atoms with Crippen LogP contribution in [0.2, 0.25) is 5.28 Å². The summed E-state index contributed by atoms with van der Waals surface area (Å²) < 4.78 is 13.3. The Labute approximate surface area is 174 Å². The maximum atomic E-state index is 9.22. The Hall–Kier alpha value is -1.06. The van der Waals surface area contributed by atoms with E-state index in [1.807, 2.05) is 12.1 Å². The summed E-state index contributed by atoms with van der Waals surface area (Å²) in [4.78, 5) is 22.8. The van der Waals surface area contributed by atoms with Crippen molar-refractivity contribution in [3.63, 3.8) is 0 Å². The van der Waals surface area contributed by atoms with E-state index in [4.69, 9.17) is 26.2 Å². The number of hydrogen-bond acceptors (Lipinski definition) is 8. The fraction of sp³-hybridized carbons (Fsp3) is 0.667. The molecule has 2 aromatic rings. The first-order valence-corrected chi connectivity index (χ1v) is 11.6. The Kier molecular flexibility index (Phi) is 6.86. The van der Waals surface area contributed by atoms with Crippen molar-refractivity contribution in [2.75, 3.05) is 18.5 Å². The molecule has 29 heavy (non-hydrogen) atoms. The molecule has 9 nitrogen and oxygen atoms in total. The molecule has 1 saturated carbocycles. The van der Waals surface area contributed by atoms with Gasteiger partial charge in [0.05, 0.1) is 25.0 Å². The minimum absolute atomic E-state index is 0.172. The lowest BCUT2D eigenvalue weighted by molar-refractivity contribution is -0.0371. The summed E-state index contributed by atoms with van der Waals surface area (Å²) in [7, 11) is -2.34. The van der Waals surface area contributed by atoms with Crippen molar-refractivity contribution in [1.82, 2.24) is 14.6 Å². The van der Waals surface area contributed by atoms with Gasteiger partial charge in [0.15, 0.2) is 14.2 Å². The Morgan fingerprint density at radius 3 is 2.79 bits per heavy atom. The van der Waals surface area contributed by atoms with Gasteiger partial charge in [0.1, 0.15) is 17.5 Å². The van der Waals surface area contributed by atoms with Crippen molar-refractivity contribution in [2.24, 2.45) is 0 Å². The molecule has 1 saturated heterocycles. The highest BCUT2D eigenvalue weighted by Crippen LogP contribution is 2.36. The quantitative estimate of drug-likeness (QED) is 0.458. The first-order chi connectivity index (χ1) is 14.0. The number of nitrogens with one attached hydrogen (secondary N) is 1.